The molecule has 0 fully saturated rings. The first kappa shape index (κ1) is 36.6. The van der Waals surface area contributed by atoms with Gasteiger partial charge in [-0.15, -0.1) is 0 Å². The van der Waals surface area contributed by atoms with Crippen molar-refractivity contribution in [3.05, 3.63) is 60.8 Å². The van der Waals surface area contributed by atoms with Gasteiger partial charge in [0.1, 0.15) is 6.10 Å². The molecule has 0 radical (unpaired) electrons. The highest BCUT2D eigenvalue weighted by atomic mass is 16.5. The van der Waals surface area contributed by atoms with Crippen molar-refractivity contribution < 1.29 is 19.7 Å². The van der Waals surface area contributed by atoms with Gasteiger partial charge in [0.2, 0.25) is 0 Å². The van der Waals surface area contributed by atoms with E-state index in [2.05, 4.69) is 41.7 Å². The summed E-state index contributed by atoms with van der Waals surface area (Å²) in [6.07, 6.45) is 38.4. The number of unbranched alkanes of at least 4 members (excludes halogenated alkanes) is 12. The minimum atomic E-state index is -0.633. The predicted molar refractivity (Wildman–Crippen MR) is 166 cm³/mol. The Bertz CT molecular complexity index is 763. The molecule has 0 amide bonds. The highest BCUT2D eigenvalue weighted by Crippen LogP contribution is 2.13. The van der Waals surface area contributed by atoms with E-state index in [0.29, 0.717) is 19.3 Å². The largest absolute Gasteiger partial charge is 0.469 e. The Labute approximate surface area is 240 Å². The van der Waals surface area contributed by atoms with E-state index in [1.165, 1.54) is 71.3 Å². The number of methoxy groups -OCH3 is 1. The maximum Gasteiger partial charge on any atom is 0.305 e. The number of esters is 1. The molecule has 0 heterocycles. The molecular formula is C35H56O4. The van der Waals surface area contributed by atoms with Crippen LogP contribution in [0.2, 0.25) is 0 Å². The van der Waals surface area contributed by atoms with Crippen LogP contribution in [0.5, 0.6) is 0 Å². The fourth-order valence-electron chi connectivity index (χ4n) is 4.00. The van der Waals surface area contributed by atoms with Crippen LogP contribution in [-0.2, 0) is 9.53 Å². The third-order valence-electron chi connectivity index (χ3n) is 6.35. The molecule has 39 heavy (non-hydrogen) atoms. The van der Waals surface area contributed by atoms with Gasteiger partial charge >= 0.3 is 5.97 Å². The Morgan fingerprint density at radius 1 is 0.744 bits per heavy atom. The van der Waals surface area contributed by atoms with Crippen LogP contribution < -0.4 is 0 Å². The number of allylic oxidation sites excluding steroid dienone is 7. The van der Waals surface area contributed by atoms with Crippen LogP contribution in [0, 0.1) is 11.8 Å². The van der Waals surface area contributed by atoms with Crippen molar-refractivity contribution in [3.63, 3.8) is 0 Å². The van der Waals surface area contributed by atoms with E-state index in [1.54, 1.807) is 24.3 Å². The maximum atomic E-state index is 11.0. The monoisotopic (exact) mass is 540 g/mol. The molecule has 2 N–H and O–H groups in total. The first-order chi connectivity index (χ1) is 19.1. The summed E-state index contributed by atoms with van der Waals surface area (Å²) in [5.41, 5.74) is 0. The fraction of sp³-hybridized carbons (Fsp3) is 0.629. The van der Waals surface area contributed by atoms with Crippen LogP contribution in [0.25, 0.3) is 0 Å². The lowest BCUT2D eigenvalue weighted by Gasteiger charge is -2.03. The van der Waals surface area contributed by atoms with Crippen molar-refractivity contribution in [3.8, 4) is 11.8 Å². The molecule has 0 saturated heterocycles. The van der Waals surface area contributed by atoms with Crippen molar-refractivity contribution in [1.82, 2.24) is 0 Å². The van der Waals surface area contributed by atoms with Gasteiger partial charge in [-0.1, -0.05) is 138 Å². The molecule has 0 aromatic heterocycles. The van der Waals surface area contributed by atoms with Crippen LogP contribution in [0.4, 0.5) is 0 Å². The van der Waals surface area contributed by atoms with E-state index in [1.807, 2.05) is 18.2 Å². The topological polar surface area (TPSA) is 66.8 Å². The van der Waals surface area contributed by atoms with E-state index >= 15 is 0 Å². The molecule has 2 atom stereocenters. The molecule has 0 aromatic carbocycles. The molecule has 0 rings (SSSR count). The highest BCUT2D eigenvalue weighted by molar-refractivity contribution is 5.68. The van der Waals surface area contributed by atoms with Crippen molar-refractivity contribution in [2.24, 2.45) is 0 Å². The molecule has 0 spiro atoms. The number of hydrogen-bond donors (Lipinski definition) is 2. The van der Waals surface area contributed by atoms with Crippen LogP contribution >= 0.6 is 0 Å². The second-order valence-electron chi connectivity index (χ2n) is 10.0. The molecular weight excluding hydrogens is 484 g/mol. The highest BCUT2D eigenvalue weighted by Gasteiger charge is 1.99. The average Bonchev–Trinajstić information content (AvgIpc) is 2.93. The second kappa shape index (κ2) is 30.2. The lowest BCUT2D eigenvalue weighted by atomic mass is 10.0. The van der Waals surface area contributed by atoms with Gasteiger partial charge in [-0.25, -0.2) is 0 Å². The van der Waals surface area contributed by atoms with E-state index < -0.39 is 12.2 Å². The van der Waals surface area contributed by atoms with E-state index in [9.17, 15) is 15.0 Å². The predicted octanol–water partition coefficient (Wildman–Crippen LogP) is 8.71. The number of hydrogen-bond acceptors (Lipinski definition) is 4. The van der Waals surface area contributed by atoms with Crippen LogP contribution in [0.15, 0.2) is 60.8 Å². The van der Waals surface area contributed by atoms with Gasteiger partial charge in [-0.3, -0.25) is 4.79 Å². The summed E-state index contributed by atoms with van der Waals surface area (Å²) in [5.74, 6) is 5.50. The lowest BCUT2D eigenvalue weighted by molar-refractivity contribution is -0.140. The molecule has 4 heteroatoms. The number of carbonyl (C=O) groups is 1. The van der Waals surface area contributed by atoms with Gasteiger partial charge in [0, 0.05) is 12.8 Å². The molecule has 220 valence electrons. The van der Waals surface area contributed by atoms with Crippen LogP contribution in [0.1, 0.15) is 122 Å². The van der Waals surface area contributed by atoms with Crippen molar-refractivity contribution in [2.75, 3.05) is 7.11 Å². The quantitative estimate of drug-likeness (QED) is 0.0422. The van der Waals surface area contributed by atoms with Gasteiger partial charge in [0.25, 0.3) is 0 Å². The lowest BCUT2D eigenvalue weighted by Crippen LogP contribution is -1.99. The first-order valence-corrected chi connectivity index (χ1v) is 15.3. The van der Waals surface area contributed by atoms with Gasteiger partial charge in [-0.05, 0) is 44.6 Å². The fourth-order valence-corrected chi connectivity index (χ4v) is 4.00. The molecule has 4 nitrogen and oxygen atoms in total. The smallest absolute Gasteiger partial charge is 0.305 e. The van der Waals surface area contributed by atoms with Crippen LogP contribution in [-0.4, -0.2) is 35.5 Å². The Balaban J connectivity index is 3.54. The Kier molecular flexibility index (Phi) is 28.4. The number of ether oxygens (including phenoxy) is 1. The zero-order chi connectivity index (χ0) is 28.7. The summed E-state index contributed by atoms with van der Waals surface area (Å²) in [5, 5.41) is 19.7. The summed E-state index contributed by atoms with van der Waals surface area (Å²) >= 11 is 0. The second-order valence-corrected chi connectivity index (χ2v) is 10.0. The summed E-state index contributed by atoms with van der Waals surface area (Å²) in [6.45, 7) is 2.06. The first-order valence-electron chi connectivity index (χ1n) is 15.3. The van der Waals surface area contributed by atoms with Gasteiger partial charge in [0.05, 0.1) is 13.2 Å². The molecule has 0 bridgehead atoms. The maximum absolute atomic E-state index is 11.0. The van der Waals surface area contributed by atoms with Gasteiger partial charge in [-0.2, -0.15) is 0 Å². The standard InChI is InChI=1S/C35H56O4/c1-3-4-23-28-33(36)30-25-21-22-26-31-34(37)29-24-19-17-15-13-11-9-7-5-6-8-10-12-14-16-18-20-27-32-35(38)39-2/h4,13,15,19,21-24,26,31,33-34,36-37H,3,5-12,14,16-18,20,27-29,32H2,1-2H3/b15-13-,22-21+,23-4-,24-19-,31-26+/t33-,34+/m0/s1. The number of aliphatic hydroxyl groups is 2. The summed E-state index contributed by atoms with van der Waals surface area (Å²) in [7, 11) is 1.46. The third kappa shape index (κ3) is 30.1. The average molecular weight is 541 g/mol. The van der Waals surface area contributed by atoms with E-state index in [-0.39, 0.29) is 5.97 Å². The summed E-state index contributed by atoms with van der Waals surface area (Å²) in [6, 6.07) is 0. The zero-order valence-corrected chi connectivity index (χ0v) is 24.9. The minimum absolute atomic E-state index is 0.0856. The number of aliphatic hydroxyl groups excluding tert-OH is 2. The van der Waals surface area contributed by atoms with Crippen molar-refractivity contribution in [2.45, 2.75) is 135 Å². The van der Waals surface area contributed by atoms with Crippen molar-refractivity contribution >= 4 is 5.97 Å². The zero-order valence-electron chi connectivity index (χ0n) is 24.9. The minimum Gasteiger partial charge on any atom is -0.469 e. The molecule has 0 aliphatic rings. The molecule has 0 aliphatic carbocycles. The Morgan fingerprint density at radius 2 is 1.33 bits per heavy atom. The molecule has 0 unspecified atom stereocenters. The Hall–Kier alpha value is -2.35. The molecule has 0 aliphatic heterocycles. The Morgan fingerprint density at radius 3 is 1.97 bits per heavy atom. The molecule has 0 saturated carbocycles. The van der Waals surface area contributed by atoms with Crippen LogP contribution in [0.3, 0.4) is 0 Å². The summed E-state index contributed by atoms with van der Waals surface area (Å²) < 4.78 is 4.66. The van der Waals surface area contributed by atoms with E-state index in [0.717, 1.165) is 32.1 Å². The summed E-state index contributed by atoms with van der Waals surface area (Å²) in [4.78, 5) is 11.0. The van der Waals surface area contributed by atoms with Gasteiger partial charge in [0.15, 0.2) is 0 Å². The van der Waals surface area contributed by atoms with Crippen molar-refractivity contribution in [1.29, 1.82) is 0 Å². The normalized spacial score (nSPS) is 13.6. The third-order valence-corrected chi connectivity index (χ3v) is 6.35. The molecule has 0 aromatic rings. The number of rotatable bonds is 24. The number of carbonyl (C=O) groups excluding carboxylic acids is 1. The SMILES string of the molecule is CC/C=C\C[C@H](O)C#C/C=C/C=C/[C@H](O)C/C=C\C/C=C\CCCCCCCCCCCCCCC(=O)OC. The van der Waals surface area contributed by atoms with Gasteiger partial charge < -0.3 is 14.9 Å². The van der Waals surface area contributed by atoms with E-state index in [4.69, 9.17) is 0 Å².